The standard InChI is InChI=1S/C11H26N2/c1-9(2)7-10(3)12-8-11(4)13(5)6/h9-12H,7-8H2,1-6H3. The van der Waals surface area contributed by atoms with Crippen LogP contribution in [0.4, 0.5) is 0 Å². The minimum atomic E-state index is 0.620. The molecule has 0 aromatic heterocycles. The average Bonchev–Trinajstić information content (AvgIpc) is 1.98. The molecule has 0 rings (SSSR count). The highest BCUT2D eigenvalue weighted by molar-refractivity contribution is 4.68. The summed E-state index contributed by atoms with van der Waals surface area (Å²) in [5.74, 6) is 0.789. The molecule has 0 aromatic carbocycles. The Morgan fingerprint density at radius 3 is 2.00 bits per heavy atom. The lowest BCUT2D eigenvalue weighted by molar-refractivity contribution is 0.289. The van der Waals surface area contributed by atoms with E-state index in [1.165, 1.54) is 6.42 Å². The Kier molecular flexibility index (Phi) is 6.35. The Morgan fingerprint density at radius 2 is 1.62 bits per heavy atom. The van der Waals surface area contributed by atoms with E-state index in [1.54, 1.807) is 0 Å². The van der Waals surface area contributed by atoms with Gasteiger partial charge in [-0.2, -0.15) is 0 Å². The van der Waals surface area contributed by atoms with E-state index in [-0.39, 0.29) is 0 Å². The molecule has 0 aliphatic rings. The van der Waals surface area contributed by atoms with Crippen LogP contribution in [0.3, 0.4) is 0 Å². The first kappa shape index (κ1) is 12.9. The van der Waals surface area contributed by atoms with E-state index < -0.39 is 0 Å². The van der Waals surface area contributed by atoms with E-state index in [9.17, 15) is 0 Å². The van der Waals surface area contributed by atoms with Crippen LogP contribution >= 0.6 is 0 Å². The number of nitrogens with zero attached hydrogens (tertiary/aromatic N) is 1. The van der Waals surface area contributed by atoms with E-state index in [0.29, 0.717) is 12.1 Å². The van der Waals surface area contributed by atoms with E-state index in [2.05, 4.69) is 52.0 Å². The maximum atomic E-state index is 3.55. The number of nitrogens with one attached hydrogen (secondary N) is 1. The van der Waals surface area contributed by atoms with Crippen LogP contribution < -0.4 is 5.32 Å². The van der Waals surface area contributed by atoms with Gasteiger partial charge in [0.2, 0.25) is 0 Å². The third-order valence-corrected chi connectivity index (χ3v) is 2.47. The first-order chi connectivity index (χ1) is 5.93. The topological polar surface area (TPSA) is 15.3 Å². The summed E-state index contributed by atoms with van der Waals surface area (Å²) >= 11 is 0. The van der Waals surface area contributed by atoms with E-state index >= 15 is 0 Å². The van der Waals surface area contributed by atoms with Crippen molar-refractivity contribution < 1.29 is 0 Å². The quantitative estimate of drug-likeness (QED) is 0.682. The summed E-state index contributed by atoms with van der Waals surface area (Å²) in [4.78, 5) is 2.25. The first-order valence-electron chi connectivity index (χ1n) is 5.33. The van der Waals surface area contributed by atoms with Crippen LogP contribution in [0.5, 0.6) is 0 Å². The monoisotopic (exact) mass is 186 g/mol. The van der Waals surface area contributed by atoms with Crippen molar-refractivity contribution in [2.45, 2.75) is 46.2 Å². The van der Waals surface area contributed by atoms with Gasteiger partial charge in [0.05, 0.1) is 0 Å². The van der Waals surface area contributed by atoms with Crippen LogP contribution in [0.1, 0.15) is 34.1 Å². The lowest BCUT2D eigenvalue weighted by Crippen LogP contribution is -2.39. The van der Waals surface area contributed by atoms with Crippen molar-refractivity contribution in [2.75, 3.05) is 20.6 Å². The summed E-state index contributed by atoms with van der Waals surface area (Å²) in [5.41, 5.74) is 0. The molecule has 80 valence electrons. The summed E-state index contributed by atoms with van der Waals surface area (Å²) in [6.45, 7) is 10.1. The number of rotatable bonds is 6. The predicted octanol–water partition coefficient (Wildman–Crippen LogP) is 1.96. The Balaban J connectivity index is 3.51. The fourth-order valence-corrected chi connectivity index (χ4v) is 1.34. The van der Waals surface area contributed by atoms with Crippen molar-refractivity contribution in [3.63, 3.8) is 0 Å². The fourth-order valence-electron chi connectivity index (χ4n) is 1.34. The highest BCUT2D eigenvalue weighted by Gasteiger charge is 2.07. The van der Waals surface area contributed by atoms with E-state index in [1.807, 2.05) is 0 Å². The molecule has 0 saturated heterocycles. The minimum Gasteiger partial charge on any atom is -0.313 e. The van der Waals surface area contributed by atoms with Crippen LogP contribution in [-0.4, -0.2) is 37.6 Å². The van der Waals surface area contributed by atoms with Gasteiger partial charge >= 0.3 is 0 Å². The lowest BCUT2D eigenvalue weighted by Gasteiger charge is -2.23. The van der Waals surface area contributed by atoms with Crippen molar-refractivity contribution in [3.05, 3.63) is 0 Å². The smallest absolute Gasteiger partial charge is 0.0186 e. The third-order valence-electron chi connectivity index (χ3n) is 2.47. The second-order valence-corrected chi connectivity index (χ2v) is 4.75. The summed E-state index contributed by atoms with van der Waals surface area (Å²) in [6.07, 6.45) is 1.26. The van der Waals surface area contributed by atoms with Crippen molar-refractivity contribution >= 4 is 0 Å². The molecule has 0 spiro atoms. The highest BCUT2D eigenvalue weighted by atomic mass is 15.1. The van der Waals surface area contributed by atoms with Crippen LogP contribution in [0.15, 0.2) is 0 Å². The Morgan fingerprint density at radius 1 is 1.08 bits per heavy atom. The molecule has 2 unspecified atom stereocenters. The van der Waals surface area contributed by atoms with Crippen molar-refractivity contribution in [1.82, 2.24) is 10.2 Å². The van der Waals surface area contributed by atoms with Gasteiger partial charge in [0.1, 0.15) is 0 Å². The molecule has 0 fully saturated rings. The number of hydrogen-bond donors (Lipinski definition) is 1. The van der Waals surface area contributed by atoms with Gasteiger partial charge in [0.25, 0.3) is 0 Å². The van der Waals surface area contributed by atoms with Gasteiger partial charge in [-0.05, 0) is 40.3 Å². The molecule has 0 aromatic rings. The van der Waals surface area contributed by atoms with Crippen LogP contribution in [-0.2, 0) is 0 Å². The van der Waals surface area contributed by atoms with E-state index in [4.69, 9.17) is 0 Å². The van der Waals surface area contributed by atoms with Crippen LogP contribution in [0, 0.1) is 5.92 Å². The second kappa shape index (κ2) is 6.39. The Labute approximate surface area is 83.7 Å². The van der Waals surface area contributed by atoms with Gasteiger partial charge < -0.3 is 10.2 Å². The molecule has 13 heavy (non-hydrogen) atoms. The van der Waals surface area contributed by atoms with Gasteiger partial charge in [-0.1, -0.05) is 13.8 Å². The van der Waals surface area contributed by atoms with Gasteiger partial charge in [-0.15, -0.1) is 0 Å². The predicted molar refractivity (Wildman–Crippen MR) is 60.1 cm³/mol. The number of hydrogen-bond acceptors (Lipinski definition) is 2. The zero-order valence-electron chi connectivity index (χ0n) is 10.1. The summed E-state index contributed by atoms with van der Waals surface area (Å²) in [6, 6.07) is 1.26. The zero-order chi connectivity index (χ0) is 10.4. The van der Waals surface area contributed by atoms with Gasteiger partial charge in [0, 0.05) is 18.6 Å². The van der Waals surface area contributed by atoms with Crippen molar-refractivity contribution in [1.29, 1.82) is 0 Å². The van der Waals surface area contributed by atoms with Crippen molar-refractivity contribution in [2.24, 2.45) is 5.92 Å². The molecule has 0 bridgehead atoms. The molecule has 0 heterocycles. The molecule has 0 amide bonds. The molecule has 0 radical (unpaired) electrons. The molecule has 2 nitrogen and oxygen atoms in total. The van der Waals surface area contributed by atoms with E-state index in [0.717, 1.165) is 12.5 Å². The molecular weight excluding hydrogens is 160 g/mol. The molecule has 2 heteroatoms. The molecule has 2 atom stereocenters. The lowest BCUT2D eigenvalue weighted by atomic mass is 10.1. The first-order valence-corrected chi connectivity index (χ1v) is 5.33. The molecule has 1 N–H and O–H groups in total. The Bertz CT molecular complexity index is 121. The van der Waals surface area contributed by atoms with Crippen LogP contribution in [0.25, 0.3) is 0 Å². The maximum Gasteiger partial charge on any atom is 0.0186 e. The van der Waals surface area contributed by atoms with Gasteiger partial charge in [-0.3, -0.25) is 0 Å². The second-order valence-electron chi connectivity index (χ2n) is 4.75. The molecule has 0 aliphatic carbocycles. The molecular formula is C11H26N2. The SMILES string of the molecule is CC(C)CC(C)NCC(C)N(C)C. The summed E-state index contributed by atoms with van der Waals surface area (Å²) in [5, 5.41) is 3.55. The van der Waals surface area contributed by atoms with Crippen LogP contribution in [0.2, 0.25) is 0 Å². The highest BCUT2D eigenvalue weighted by Crippen LogP contribution is 2.03. The third kappa shape index (κ3) is 7.03. The molecule has 0 saturated carbocycles. The normalized spacial score (nSPS) is 16.6. The zero-order valence-corrected chi connectivity index (χ0v) is 10.1. The fraction of sp³-hybridized carbons (Fsp3) is 1.00. The summed E-state index contributed by atoms with van der Waals surface area (Å²) in [7, 11) is 4.25. The summed E-state index contributed by atoms with van der Waals surface area (Å²) < 4.78 is 0. The largest absolute Gasteiger partial charge is 0.313 e. The van der Waals surface area contributed by atoms with Crippen molar-refractivity contribution in [3.8, 4) is 0 Å². The maximum absolute atomic E-state index is 3.55. The van der Waals surface area contributed by atoms with Gasteiger partial charge in [0.15, 0.2) is 0 Å². The minimum absolute atomic E-state index is 0.620. The molecule has 0 aliphatic heterocycles. The Hall–Kier alpha value is -0.0800. The number of likely N-dealkylation sites (N-methyl/N-ethyl adjacent to an activating group) is 1. The van der Waals surface area contributed by atoms with Gasteiger partial charge in [-0.25, -0.2) is 0 Å². The average molecular weight is 186 g/mol.